The van der Waals surface area contributed by atoms with Crippen LogP contribution in [0.15, 0.2) is 12.3 Å². The monoisotopic (exact) mass is 474 g/mol. The van der Waals surface area contributed by atoms with E-state index in [1.54, 1.807) is 18.7 Å². The Balaban J connectivity index is 1.61. The van der Waals surface area contributed by atoms with Gasteiger partial charge in [-0.1, -0.05) is 11.6 Å². The molecule has 174 valence electrons. The molecule has 2 aliphatic heterocycles. The number of hydrogen-bond donors (Lipinski definition) is 0. The minimum Gasteiger partial charge on any atom is -0.489 e. The van der Waals surface area contributed by atoms with E-state index in [9.17, 15) is 22.8 Å². The third kappa shape index (κ3) is 4.17. The number of hydrogen-bond acceptors (Lipinski definition) is 5. The Morgan fingerprint density at radius 3 is 2.53 bits per heavy atom. The van der Waals surface area contributed by atoms with Crippen LogP contribution >= 0.6 is 11.6 Å². The van der Waals surface area contributed by atoms with Gasteiger partial charge in [-0.15, -0.1) is 0 Å². The predicted molar refractivity (Wildman–Crippen MR) is 108 cm³/mol. The standard InChI is InChI=1S/C20H22ClF3N4O4/c1-11(2)32-13-9-14(20(22,23)24)17-25-15(16(21)28(17)10-13)18(29)26-5-3-12(4-6-26)27-7-8-31-19(27)30/h9-12H,3-8H2,1-2H3. The molecular formula is C20H22ClF3N4O4. The van der Waals surface area contributed by atoms with Crippen LogP contribution in [-0.2, 0) is 10.9 Å². The Hall–Kier alpha value is -2.69. The highest BCUT2D eigenvalue weighted by Crippen LogP contribution is 2.37. The lowest BCUT2D eigenvalue weighted by molar-refractivity contribution is -0.136. The molecule has 2 aromatic heterocycles. The summed E-state index contributed by atoms with van der Waals surface area (Å²) >= 11 is 6.31. The SMILES string of the molecule is CC(C)Oc1cc(C(F)(F)F)c2nc(C(=O)N3CCC(N4CCOC4=O)CC3)c(Cl)n2c1. The number of halogens is 4. The smallest absolute Gasteiger partial charge is 0.420 e. The van der Waals surface area contributed by atoms with Gasteiger partial charge in [0.15, 0.2) is 11.3 Å². The number of imidazole rings is 1. The molecule has 0 N–H and O–H groups in total. The van der Waals surface area contributed by atoms with Crippen molar-refractivity contribution in [1.82, 2.24) is 19.2 Å². The predicted octanol–water partition coefficient (Wildman–Crippen LogP) is 3.85. The topological polar surface area (TPSA) is 76.4 Å². The highest BCUT2D eigenvalue weighted by molar-refractivity contribution is 6.33. The van der Waals surface area contributed by atoms with Gasteiger partial charge in [-0.3, -0.25) is 9.20 Å². The van der Waals surface area contributed by atoms with E-state index in [1.165, 1.54) is 11.1 Å². The van der Waals surface area contributed by atoms with E-state index in [0.29, 0.717) is 39.1 Å². The number of likely N-dealkylation sites (tertiary alicyclic amines) is 1. The van der Waals surface area contributed by atoms with Crippen molar-refractivity contribution in [3.05, 3.63) is 28.7 Å². The van der Waals surface area contributed by atoms with Gasteiger partial charge in [0, 0.05) is 19.1 Å². The molecule has 0 aromatic carbocycles. The van der Waals surface area contributed by atoms with E-state index in [-0.39, 0.29) is 34.8 Å². The molecule has 8 nitrogen and oxygen atoms in total. The molecule has 2 amide bonds. The Labute approximate surface area is 186 Å². The van der Waals surface area contributed by atoms with Crippen LogP contribution in [0.1, 0.15) is 42.7 Å². The molecular weight excluding hydrogens is 453 g/mol. The van der Waals surface area contributed by atoms with Crippen molar-refractivity contribution >= 4 is 29.2 Å². The van der Waals surface area contributed by atoms with Gasteiger partial charge in [-0.05, 0) is 32.8 Å². The Bertz CT molecular complexity index is 1050. The number of aromatic nitrogens is 2. The molecule has 2 saturated heterocycles. The summed E-state index contributed by atoms with van der Waals surface area (Å²) in [5, 5.41) is -0.213. The minimum atomic E-state index is -4.71. The van der Waals surface area contributed by atoms with Crippen LogP contribution in [0.3, 0.4) is 0 Å². The number of cyclic esters (lactones) is 1. The first-order valence-corrected chi connectivity index (χ1v) is 10.6. The number of rotatable bonds is 4. The number of carbonyl (C=O) groups excluding carboxylic acids is 2. The van der Waals surface area contributed by atoms with Crippen LogP contribution in [0.5, 0.6) is 5.75 Å². The molecule has 0 unspecified atom stereocenters. The molecule has 0 atom stereocenters. The maximum atomic E-state index is 13.7. The fourth-order valence-electron chi connectivity index (χ4n) is 4.04. The van der Waals surface area contributed by atoms with Gasteiger partial charge >= 0.3 is 12.3 Å². The summed E-state index contributed by atoms with van der Waals surface area (Å²) in [7, 11) is 0. The van der Waals surface area contributed by atoms with Gasteiger partial charge in [0.05, 0.1) is 18.8 Å². The molecule has 0 aliphatic carbocycles. The summed E-state index contributed by atoms with van der Waals surface area (Å²) < 4.78 is 52.4. The van der Waals surface area contributed by atoms with Gasteiger partial charge in [0.2, 0.25) is 0 Å². The van der Waals surface area contributed by atoms with E-state index in [1.807, 2.05) is 0 Å². The largest absolute Gasteiger partial charge is 0.489 e. The molecule has 2 aromatic rings. The molecule has 0 spiro atoms. The third-order valence-corrected chi connectivity index (χ3v) is 5.86. The maximum Gasteiger partial charge on any atom is 0.420 e. The van der Waals surface area contributed by atoms with Gasteiger partial charge in [-0.25, -0.2) is 9.78 Å². The second-order valence-corrected chi connectivity index (χ2v) is 8.39. The molecule has 4 heterocycles. The van der Waals surface area contributed by atoms with Gasteiger partial charge in [-0.2, -0.15) is 13.2 Å². The van der Waals surface area contributed by atoms with Crippen molar-refractivity contribution < 1.29 is 32.2 Å². The highest BCUT2D eigenvalue weighted by atomic mass is 35.5. The van der Waals surface area contributed by atoms with Gasteiger partial charge < -0.3 is 19.3 Å². The second kappa shape index (κ2) is 8.34. The van der Waals surface area contributed by atoms with Crippen molar-refractivity contribution in [2.24, 2.45) is 0 Å². The normalized spacial score (nSPS) is 18.0. The van der Waals surface area contributed by atoms with Gasteiger partial charge in [0.25, 0.3) is 5.91 Å². The van der Waals surface area contributed by atoms with E-state index in [4.69, 9.17) is 21.1 Å². The zero-order valence-electron chi connectivity index (χ0n) is 17.5. The molecule has 0 radical (unpaired) electrons. The average molecular weight is 475 g/mol. The van der Waals surface area contributed by atoms with E-state index in [0.717, 1.165) is 10.5 Å². The summed E-state index contributed by atoms with van der Waals surface area (Å²) in [5.74, 6) is -0.586. The highest BCUT2D eigenvalue weighted by Gasteiger charge is 2.38. The molecule has 12 heteroatoms. The fraction of sp³-hybridized carbons (Fsp3) is 0.550. The summed E-state index contributed by atoms with van der Waals surface area (Å²) in [4.78, 5) is 31.9. The summed E-state index contributed by atoms with van der Waals surface area (Å²) in [6.07, 6.45) is -3.07. The summed E-state index contributed by atoms with van der Waals surface area (Å²) in [6.45, 7) is 4.88. The first-order chi connectivity index (χ1) is 15.1. The minimum absolute atomic E-state index is 0.0311. The lowest BCUT2D eigenvalue weighted by Crippen LogP contribution is -2.47. The molecule has 32 heavy (non-hydrogen) atoms. The summed E-state index contributed by atoms with van der Waals surface area (Å²) in [5.41, 5.74) is -1.75. The molecule has 4 rings (SSSR count). The van der Waals surface area contributed by atoms with Crippen molar-refractivity contribution in [2.45, 2.75) is 45.0 Å². The number of ether oxygens (including phenoxy) is 2. The molecule has 0 saturated carbocycles. The number of pyridine rings is 1. The van der Waals surface area contributed by atoms with Crippen LogP contribution in [0.4, 0.5) is 18.0 Å². The number of piperidine rings is 1. The Morgan fingerprint density at radius 2 is 1.97 bits per heavy atom. The molecule has 2 aliphatic rings. The van der Waals surface area contributed by atoms with Crippen LogP contribution in [-0.4, -0.2) is 69.6 Å². The quantitative estimate of drug-likeness (QED) is 0.672. The Morgan fingerprint density at radius 1 is 1.28 bits per heavy atom. The zero-order valence-corrected chi connectivity index (χ0v) is 18.2. The van der Waals surface area contributed by atoms with E-state index < -0.39 is 23.3 Å². The van der Waals surface area contributed by atoms with Crippen molar-refractivity contribution in [3.63, 3.8) is 0 Å². The van der Waals surface area contributed by atoms with Gasteiger partial charge in [0.1, 0.15) is 23.1 Å². The fourth-order valence-corrected chi connectivity index (χ4v) is 4.29. The number of fused-ring (bicyclic) bond motifs is 1. The number of alkyl halides is 3. The van der Waals surface area contributed by atoms with Crippen molar-refractivity contribution in [2.75, 3.05) is 26.2 Å². The van der Waals surface area contributed by atoms with Crippen LogP contribution < -0.4 is 4.74 Å². The second-order valence-electron chi connectivity index (χ2n) is 8.03. The maximum absolute atomic E-state index is 13.7. The van der Waals surface area contributed by atoms with E-state index >= 15 is 0 Å². The lowest BCUT2D eigenvalue weighted by atomic mass is 10.0. The molecule has 0 bridgehead atoms. The third-order valence-electron chi connectivity index (χ3n) is 5.50. The summed E-state index contributed by atoms with van der Waals surface area (Å²) in [6, 6.07) is 0.811. The van der Waals surface area contributed by atoms with Crippen LogP contribution in [0.2, 0.25) is 5.15 Å². The number of amides is 2. The number of carbonyl (C=O) groups is 2. The van der Waals surface area contributed by atoms with E-state index in [2.05, 4.69) is 4.98 Å². The van der Waals surface area contributed by atoms with Crippen molar-refractivity contribution in [1.29, 1.82) is 0 Å². The van der Waals surface area contributed by atoms with Crippen LogP contribution in [0, 0.1) is 0 Å². The first-order valence-electron chi connectivity index (χ1n) is 10.2. The average Bonchev–Trinajstić information content (AvgIpc) is 3.29. The Kier molecular flexibility index (Phi) is 5.87. The molecule has 2 fully saturated rings. The van der Waals surface area contributed by atoms with Crippen molar-refractivity contribution in [3.8, 4) is 5.75 Å². The number of nitrogens with zero attached hydrogens (tertiary/aromatic N) is 4. The lowest BCUT2D eigenvalue weighted by Gasteiger charge is -2.35. The van der Waals surface area contributed by atoms with Crippen LogP contribution in [0.25, 0.3) is 5.65 Å². The zero-order chi connectivity index (χ0) is 23.2. The first kappa shape index (κ1) is 22.5.